The van der Waals surface area contributed by atoms with Crippen molar-refractivity contribution in [3.8, 4) is 5.75 Å². The van der Waals surface area contributed by atoms with Crippen LogP contribution in [0.25, 0.3) is 0 Å². The molecule has 1 aliphatic carbocycles. The SMILES string of the molecule is CCOC(=O)CCC(=O)c1nc(C2CCCCC2)cc(Br)c1O. The van der Waals surface area contributed by atoms with Crippen molar-refractivity contribution in [2.24, 2.45) is 0 Å². The number of Topliss-reactive ketones (excluding diaryl/α,β-unsaturated/α-hetero) is 1. The number of aromatic nitrogens is 1. The predicted molar refractivity (Wildman–Crippen MR) is 89.6 cm³/mol. The smallest absolute Gasteiger partial charge is 0.306 e. The van der Waals surface area contributed by atoms with Crippen LogP contribution in [-0.2, 0) is 9.53 Å². The van der Waals surface area contributed by atoms with Crippen LogP contribution in [0.4, 0.5) is 0 Å². The molecule has 2 rings (SSSR count). The number of ketones is 1. The number of rotatable bonds is 6. The van der Waals surface area contributed by atoms with E-state index in [1.54, 1.807) is 13.0 Å². The van der Waals surface area contributed by atoms with Gasteiger partial charge >= 0.3 is 5.97 Å². The van der Waals surface area contributed by atoms with Crippen LogP contribution >= 0.6 is 15.9 Å². The molecule has 1 aromatic heterocycles. The molecule has 1 N–H and O–H groups in total. The van der Waals surface area contributed by atoms with E-state index in [-0.39, 0.29) is 30.1 Å². The molecule has 0 aliphatic heterocycles. The third-order valence-corrected chi connectivity index (χ3v) is 4.72. The summed E-state index contributed by atoms with van der Waals surface area (Å²) in [7, 11) is 0. The van der Waals surface area contributed by atoms with Crippen LogP contribution in [0.3, 0.4) is 0 Å². The number of halogens is 1. The molecule has 0 bridgehead atoms. The third-order valence-electron chi connectivity index (χ3n) is 4.12. The number of carbonyl (C=O) groups excluding carboxylic acids is 2. The van der Waals surface area contributed by atoms with Gasteiger partial charge in [0.2, 0.25) is 0 Å². The van der Waals surface area contributed by atoms with E-state index in [9.17, 15) is 14.7 Å². The minimum absolute atomic E-state index is 0.000924. The van der Waals surface area contributed by atoms with Crippen LogP contribution < -0.4 is 0 Å². The Balaban J connectivity index is 2.14. The van der Waals surface area contributed by atoms with Crippen molar-refractivity contribution in [2.75, 3.05) is 6.61 Å². The molecule has 1 aromatic rings. The fourth-order valence-corrected chi connectivity index (χ4v) is 3.32. The number of hydrogen-bond donors (Lipinski definition) is 1. The van der Waals surface area contributed by atoms with Gasteiger partial charge in [-0.05, 0) is 41.8 Å². The van der Waals surface area contributed by atoms with Crippen molar-refractivity contribution in [3.05, 3.63) is 21.9 Å². The summed E-state index contributed by atoms with van der Waals surface area (Å²) in [5, 5.41) is 10.1. The van der Waals surface area contributed by atoms with Crippen molar-refractivity contribution < 1.29 is 19.4 Å². The van der Waals surface area contributed by atoms with Gasteiger partial charge < -0.3 is 9.84 Å². The summed E-state index contributed by atoms with van der Waals surface area (Å²) >= 11 is 3.30. The highest BCUT2D eigenvalue weighted by Crippen LogP contribution is 2.36. The highest BCUT2D eigenvalue weighted by molar-refractivity contribution is 9.10. The Kier molecular flexibility index (Phi) is 6.57. The minimum atomic E-state index is -0.414. The lowest BCUT2D eigenvalue weighted by Crippen LogP contribution is -2.12. The van der Waals surface area contributed by atoms with Crippen molar-refractivity contribution in [1.29, 1.82) is 0 Å². The normalized spacial score (nSPS) is 15.4. The highest BCUT2D eigenvalue weighted by atomic mass is 79.9. The lowest BCUT2D eigenvalue weighted by Gasteiger charge is -2.22. The van der Waals surface area contributed by atoms with Gasteiger partial charge in [0.1, 0.15) is 5.69 Å². The molecule has 5 nitrogen and oxygen atoms in total. The molecular formula is C17H22BrNO4. The van der Waals surface area contributed by atoms with Gasteiger partial charge in [-0.1, -0.05) is 19.3 Å². The Morgan fingerprint density at radius 3 is 2.65 bits per heavy atom. The number of nitrogens with zero attached hydrogens (tertiary/aromatic N) is 1. The van der Waals surface area contributed by atoms with E-state index in [0.717, 1.165) is 31.4 Å². The lowest BCUT2D eigenvalue weighted by atomic mass is 9.86. The van der Waals surface area contributed by atoms with E-state index in [2.05, 4.69) is 20.9 Å². The topological polar surface area (TPSA) is 76.5 Å². The largest absolute Gasteiger partial charge is 0.504 e. The standard InChI is InChI=1S/C17H22BrNO4/c1-2-23-15(21)9-8-14(20)16-17(22)12(18)10-13(19-16)11-6-4-3-5-7-11/h10-11,22H,2-9H2,1H3. The predicted octanol–water partition coefficient (Wildman–Crippen LogP) is 4.12. The number of ether oxygens (including phenoxy) is 1. The van der Waals surface area contributed by atoms with Gasteiger partial charge in [0.25, 0.3) is 0 Å². The van der Waals surface area contributed by atoms with Gasteiger partial charge in [0.05, 0.1) is 17.5 Å². The summed E-state index contributed by atoms with van der Waals surface area (Å²) in [4.78, 5) is 28.1. The minimum Gasteiger partial charge on any atom is -0.504 e. The first-order chi connectivity index (χ1) is 11.0. The molecule has 0 radical (unpaired) electrons. The molecule has 1 fully saturated rings. The van der Waals surface area contributed by atoms with Crippen molar-refractivity contribution in [2.45, 2.75) is 57.8 Å². The van der Waals surface area contributed by atoms with Crippen LogP contribution in [0.15, 0.2) is 10.5 Å². The van der Waals surface area contributed by atoms with Gasteiger partial charge in [-0.15, -0.1) is 0 Å². The van der Waals surface area contributed by atoms with E-state index in [1.807, 2.05) is 0 Å². The average Bonchev–Trinajstić information content (AvgIpc) is 2.56. The summed E-state index contributed by atoms with van der Waals surface area (Å²) < 4.78 is 5.30. The lowest BCUT2D eigenvalue weighted by molar-refractivity contribution is -0.143. The second-order valence-electron chi connectivity index (χ2n) is 5.79. The zero-order chi connectivity index (χ0) is 16.8. The molecule has 23 heavy (non-hydrogen) atoms. The van der Waals surface area contributed by atoms with Crippen LogP contribution in [0.2, 0.25) is 0 Å². The maximum atomic E-state index is 12.3. The Bertz CT molecular complexity index is 582. The van der Waals surface area contributed by atoms with E-state index in [4.69, 9.17) is 4.74 Å². The highest BCUT2D eigenvalue weighted by Gasteiger charge is 2.23. The molecule has 6 heteroatoms. The Morgan fingerprint density at radius 2 is 2.00 bits per heavy atom. The third kappa shape index (κ3) is 4.77. The second kappa shape index (κ2) is 8.43. The average molecular weight is 384 g/mol. The number of carbonyl (C=O) groups is 2. The van der Waals surface area contributed by atoms with Crippen molar-refractivity contribution in [3.63, 3.8) is 0 Å². The van der Waals surface area contributed by atoms with E-state index >= 15 is 0 Å². The van der Waals surface area contributed by atoms with Gasteiger partial charge in [0, 0.05) is 18.0 Å². The molecule has 1 saturated carbocycles. The van der Waals surface area contributed by atoms with Crippen LogP contribution in [0.1, 0.15) is 74.0 Å². The summed E-state index contributed by atoms with van der Waals surface area (Å²) in [6, 6.07) is 1.80. The molecule has 0 amide bonds. The number of hydrogen-bond acceptors (Lipinski definition) is 5. The molecule has 1 heterocycles. The molecule has 0 saturated heterocycles. The molecule has 126 valence electrons. The molecular weight excluding hydrogens is 362 g/mol. The van der Waals surface area contributed by atoms with Crippen molar-refractivity contribution in [1.82, 2.24) is 4.98 Å². The van der Waals surface area contributed by atoms with Gasteiger partial charge in [-0.25, -0.2) is 4.98 Å². The van der Waals surface area contributed by atoms with Crippen LogP contribution in [0.5, 0.6) is 5.75 Å². The molecule has 0 spiro atoms. The monoisotopic (exact) mass is 383 g/mol. The fourth-order valence-electron chi connectivity index (χ4n) is 2.89. The van der Waals surface area contributed by atoms with Gasteiger partial charge in [0.15, 0.2) is 11.5 Å². The van der Waals surface area contributed by atoms with Crippen LogP contribution in [-0.4, -0.2) is 28.4 Å². The number of esters is 1. The van der Waals surface area contributed by atoms with E-state index in [0.29, 0.717) is 17.0 Å². The molecule has 0 atom stereocenters. The summed E-state index contributed by atoms with van der Waals surface area (Å²) in [6.07, 6.45) is 5.66. The Labute approximate surface area is 144 Å². The summed E-state index contributed by atoms with van der Waals surface area (Å²) in [6.45, 7) is 2.01. The first-order valence-corrected chi connectivity index (χ1v) is 8.90. The van der Waals surface area contributed by atoms with Crippen LogP contribution in [0, 0.1) is 0 Å². The van der Waals surface area contributed by atoms with Crippen molar-refractivity contribution >= 4 is 27.7 Å². The van der Waals surface area contributed by atoms with Gasteiger partial charge in [-0.2, -0.15) is 0 Å². The maximum absolute atomic E-state index is 12.3. The van der Waals surface area contributed by atoms with Gasteiger partial charge in [-0.3, -0.25) is 9.59 Å². The maximum Gasteiger partial charge on any atom is 0.306 e. The number of aromatic hydroxyl groups is 1. The quantitative estimate of drug-likeness (QED) is 0.590. The molecule has 1 aliphatic rings. The first-order valence-electron chi connectivity index (χ1n) is 8.11. The molecule has 0 unspecified atom stereocenters. The first kappa shape index (κ1) is 17.9. The number of pyridine rings is 1. The summed E-state index contributed by atoms with van der Waals surface area (Å²) in [5.41, 5.74) is 0.887. The zero-order valence-corrected chi connectivity index (χ0v) is 14.9. The summed E-state index contributed by atoms with van der Waals surface area (Å²) in [5.74, 6) is -0.576. The van der Waals surface area contributed by atoms with E-state index < -0.39 is 5.97 Å². The second-order valence-corrected chi connectivity index (χ2v) is 6.64. The molecule has 0 aromatic carbocycles. The Hall–Kier alpha value is -1.43. The fraction of sp³-hybridized carbons (Fsp3) is 0.588. The zero-order valence-electron chi connectivity index (χ0n) is 13.3. The van der Waals surface area contributed by atoms with E-state index in [1.165, 1.54) is 6.42 Å². The Morgan fingerprint density at radius 1 is 1.30 bits per heavy atom.